The second-order valence-electron chi connectivity index (χ2n) is 11.8. The molecule has 5 rings (SSSR count). The molecule has 0 bridgehead atoms. The summed E-state index contributed by atoms with van der Waals surface area (Å²) in [6.45, 7) is 5.79. The zero-order valence-electron chi connectivity index (χ0n) is 26.7. The quantitative estimate of drug-likeness (QED) is 0.209. The lowest BCUT2D eigenvalue weighted by molar-refractivity contribution is -0.143. The van der Waals surface area contributed by atoms with Crippen LogP contribution in [0.25, 0.3) is 22.0 Å². The van der Waals surface area contributed by atoms with E-state index in [-0.39, 0.29) is 46.4 Å². The van der Waals surface area contributed by atoms with E-state index in [1.165, 1.54) is 44.4 Å². The number of fused-ring (bicyclic) bond motifs is 1. The Hall–Kier alpha value is -4.85. The van der Waals surface area contributed by atoms with Crippen molar-refractivity contribution in [3.63, 3.8) is 0 Å². The van der Waals surface area contributed by atoms with Gasteiger partial charge in [-0.1, -0.05) is 18.2 Å². The highest BCUT2D eigenvalue weighted by Gasteiger charge is 2.37. The smallest absolute Gasteiger partial charge is 0.417 e. The predicted octanol–water partition coefficient (Wildman–Crippen LogP) is 5.33. The van der Waals surface area contributed by atoms with Gasteiger partial charge in [-0.05, 0) is 50.6 Å². The minimum Gasteiger partial charge on any atom is -0.467 e. The summed E-state index contributed by atoms with van der Waals surface area (Å²) in [5.41, 5.74) is -2.90. The van der Waals surface area contributed by atoms with Crippen LogP contribution < -0.4 is 15.8 Å². The van der Waals surface area contributed by atoms with Crippen molar-refractivity contribution in [1.82, 2.24) is 14.9 Å². The van der Waals surface area contributed by atoms with E-state index in [1.54, 1.807) is 4.90 Å². The van der Waals surface area contributed by atoms with Crippen LogP contribution in [0.5, 0.6) is 0 Å². The van der Waals surface area contributed by atoms with Crippen LogP contribution in [-0.4, -0.2) is 59.9 Å². The number of rotatable bonds is 7. The van der Waals surface area contributed by atoms with E-state index in [0.29, 0.717) is 18.7 Å². The molecule has 1 saturated heterocycles. The molecule has 1 N–H and O–H groups in total. The highest BCUT2D eigenvalue weighted by Crippen LogP contribution is 2.38. The molecule has 1 aliphatic heterocycles. The average molecular weight is 673 g/mol. The number of nitrogens with one attached hydrogen (secondary N) is 1. The lowest BCUT2D eigenvalue weighted by Crippen LogP contribution is -2.47. The van der Waals surface area contributed by atoms with E-state index in [1.807, 2.05) is 13.8 Å². The fraction of sp³-hybridized carbons (Fsp3) is 0.353. The molecule has 0 spiro atoms. The number of carbonyl (C=O) groups is 2. The summed E-state index contributed by atoms with van der Waals surface area (Å²) in [5.74, 6) is -4.44. The molecule has 1 amide bonds. The van der Waals surface area contributed by atoms with Gasteiger partial charge in [0.05, 0.1) is 36.5 Å². The van der Waals surface area contributed by atoms with Crippen molar-refractivity contribution in [2.75, 3.05) is 25.2 Å². The van der Waals surface area contributed by atoms with Crippen LogP contribution in [0.2, 0.25) is 0 Å². The second-order valence-corrected chi connectivity index (χ2v) is 11.8. The Bertz CT molecular complexity index is 1940. The Morgan fingerprint density at radius 1 is 1.12 bits per heavy atom. The largest absolute Gasteiger partial charge is 0.467 e. The molecule has 2 aromatic carbocycles. The molecule has 1 aliphatic rings. The summed E-state index contributed by atoms with van der Waals surface area (Å²) in [6, 6.07) is 7.08. The number of pyridine rings is 2. The van der Waals surface area contributed by atoms with Crippen molar-refractivity contribution < 1.29 is 41.0 Å². The highest BCUT2D eigenvalue weighted by atomic mass is 19.4. The van der Waals surface area contributed by atoms with Crippen LogP contribution in [0.15, 0.2) is 53.5 Å². The maximum Gasteiger partial charge on any atom is 0.417 e. The van der Waals surface area contributed by atoms with Crippen molar-refractivity contribution in [3.05, 3.63) is 93.0 Å². The molecule has 0 radical (unpaired) electrons. The molecule has 0 unspecified atom stereocenters. The van der Waals surface area contributed by atoms with Crippen molar-refractivity contribution in [1.29, 1.82) is 0 Å². The van der Waals surface area contributed by atoms with Gasteiger partial charge in [-0.2, -0.15) is 13.2 Å². The SMILES string of the molecule is COC(=O)[C@H](Cc1ccc(-c2c(C(F)(F)F)cc(C)n(C)c2=O)c2ncccc12)NC(=O)c1c(F)cc(N2C[C@H](C)OC[C@@H]2C)cc1F. The molecule has 48 heavy (non-hydrogen) atoms. The minimum atomic E-state index is -4.85. The number of alkyl halides is 3. The summed E-state index contributed by atoms with van der Waals surface area (Å²) in [6.07, 6.45) is -3.97. The first-order valence-corrected chi connectivity index (χ1v) is 15.0. The Kier molecular flexibility index (Phi) is 9.58. The number of aromatic nitrogens is 2. The molecule has 3 atom stereocenters. The van der Waals surface area contributed by atoms with Crippen molar-refractivity contribution in [2.45, 2.75) is 51.6 Å². The Morgan fingerprint density at radius 2 is 1.81 bits per heavy atom. The zero-order chi connectivity index (χ0) is 35.1. The molecule has 254 valence electrons. The number of amides is 1. The van der Waals surface area contributed by atoms with Crippen LogP contribution in [0.1, 0.15) is 41.0 Å². The van der Waals surface area contributed by atoms with Gasteiger partial charge >= 0.3 is 12.1 Å². The van der Waals surface area contributed by atoms with Gasteiger partial charge in [0, 0.05) is 54.6 Å². The van der Waals surface area contributed by atoms with E-state index in [2.05, 4.69) is 10.3 Å². The van der Waals surface area contributed by atoms with E-state index in [4.69, 9.17) is 9.47 Å². The maximum atomic E-state index is 15.3. The summed E-state index contributed by atoms with van der Waals surface area (Å²) in [7, 11) is 2.42. The van der Waals surface area contributed by atoms with E-state index < -0.39 is 58.0 Å². The number of methoxy groups -OCH3 is 1. The Balaban J connectivity index is 1.51. The molecule has 1 fully saturated rings. The third-order valence-electron chi connectivity index (χ3n) is 8.51. The van der Waals surface area contributed by atoms with Gasteiger partial charge in [0.1, 0.15) is 23.2 Å². The lowest BCUT2D eigenvalue weighted by atomic mass is 9.93. The van der Waals surface area contributed by atoms with Crippen molar-refractivity contribution >= 4 is 28.5 Å². The fourth-order valence-electron chi connectivity index (χ4n) is 5.91. The molecule has 2 aromatic heterocycles. The lowest BCUT2D eigenvalue weighted by Gasteiger charge is -2.38. The number of halogens is 5. The standard InChI is InChI=1S/C34H33F5N4O5/c1-17-11-24(34(37,38)39)28(32(45)42(17)4)23-9-8-20(22-7-6-10-40-30(22)23)12-27(33(46)47-5)41-31(44)29-25(35)13-21(14-26(29)36)43-15-19(3)48-16-18(43)2/h6-11,13-14,18-19,27H,12,15-16H2,1-5H3,(H,41,44)/t18-,19-,27-/m0/s1. The molecule has 14 heteroatoms. The van der Waals surface area contributed by atoms with E-state index >= 15 is 8.78 Å². The average Bonchev–Trinajstić information content (AvgIpc) is 3.03. The van der Waals surface area contributed by atoms with Crippen LogP contribution in [0, 0.1) is 18.6 Å². The summed E-state index contributed by atoms with van der Waals surface area (Å²) in [4.78, 5) is 45.3. The number of morpholine rings is 1. The monoisotopic (exact) mass is 672 g/mol. The first-order chi connectivity index (χ1) is 22.6. The fourth-order valence-corrected chi connectivity index (χ4v) is 5.91. The number of hydrogen-bond acceptors (Lipinski definition) is 7. The number of aryl methyl sites for hydroxylation is 1. The van der Waals surface area contributed by atoms with Crippen LogP contribution in [-0.2, 0) is 33.9 Å². The van der Waals surface area contributed by atoms with Crippen molar-refractivity contribution in [3.8, 4) is 11.1 Å². The summed E-state index contributed by atoms with van der Waals surface area (Å²) >= 11 is 0. The number of hydrogen-bond donors (Lipinski definition) is 1. The van der Waals surface area contributed by atoms with Crippen LogP contribution in [0.3, 0.4) is 0 Å². The Labute approximate surface area is 272 Å². The van der Waals surface area contributed by atoms with Gasteiger partial charge < -0.3 is 24.3 Å². The van der Waals surface area contributed by atoms with Gasteiger partial charge in [0.2, 0.25) is 0 Å². The van der Waals surface area contributed by atoms with Gasteiger partial charge in [-0.25, -0.2) is 13.6 Å². The predicted molar refractivity (Wildman–Crippen MR) is 168 cm³/mol. The zero-order valence-corrected chi connectivity index (χ0v) is 26.7. The van der Waals surface area contributed by atoms with Crippen LogP contribution in [0.4, 0.5) is 27.6 Å². The molecular weight excluding hydrogens is 639 g/mol. The molecular formula is C34H33F5N4O5. The third-order valence-corrected chi connectivity index (χ3v) is 8.51. The number of ether oxygens (including phenoxy) is 2. The van der Waals surface area contributed by atoms with Gasteiger partial charge in [-0.3, -0.25) is 14.6 Å². The topological polar surface area (TPSA) is 103 Å². The van der Waals surface area contributed by atoms with Gasteiger partial charge in [0.25, 0.3) is 11.5 Å². The minimum absolute atomic E-state index is 0.0377. The first kappa shape index (κ1) is 34.5. The van der Waals surface area contributed by atoms with Crippen molar-refractivity contribution in [2.24, 2.45) is 7.05 Å². The van der Waals surface area contributed by atoms with Gasteiger partial charge in [0.15, 0.2) is 0 Å². The van der Waals surface area contributed by atoms with E-state index in [9.17, 15) is 27.6 Å². The van der Waals surface area contributed by atoms with Gasteiger partial charge in [-0.15, -0.1) is 0 Å². The Morgan fingerprint density at radius 3 is 2.46 bits per heavy atom. The second kappa shape index (κ2) is 13.3. The number of anilines is 1. The summed E-state index contributed by atoms with van der Waals surface area (Å²) in [5, 5.41) is 2.62. The number of nitrogens with zero attached hydrogens (tertiary/aromatic N) is 3. The molecule has 3 heterocycles. The molecule has 0 aliphatic carbocycles. The number of esters is 1. The number of benzene rings is 2. The maximum absolute atomic E-state index is 15.3. The summed E-state index contributed by atoms with van der Waals surface area (Å²) < 4.78 is 84.6. The van der Waals surface area contributed by atoms with E-state index in [0.717, 1.165) is 29.9 Å². The highest BCUT2D eigenvalue weighted by molar-refractivity contribution is 5.99. The molecule has 9 nitrogen and oxygen atoms in total. The third kappa shape index (κ3) is 6.61. The molecule has 4 aromatic rings. The molecule has 0 saturated carbocycles. The normalized spacial score (nSPS) is 17.3. The first-order valence-electron chi connectivity index (χ1n) is 15.0. The number of carbonyl (C=O) groups excluding carboxylic acids is 2. The van der Waals surface area contributed by atoms with Crippen LogP contribution >= 0.6 is 0 Å².